The Morgan fingerprint density at radius 3 is 2.41 bits per heavy atom. The number of ether oxygens (including phenoxy) is 1. The number of carbonyl (C=O) groups excluding carboxylic acids is 1. The summed E-state index contributed by atoms with van der Waals surface area (Å²) in [6.07, 6.45) is -1.86. The molecule has 1 aromatic heterocycles. The van der Waals surface area contributed by atoms with Crippen LogP contribution in [0.2, 0.25) is 0 Å². The number of halogens is 4. The molecule has 44 heavy (non-hydrogen) atoms. The minimum atomic E-state index is -4.82. The number of methoxy groups -OCH3 is 1. The molecule has 0 saturated carbocycles. The number of likely N-dealkylation sites (tertiary alicyclic amines) is 1. The molecule has 0 aliphatic carbocycles. The number of alkyl halides is 3. The molecule has 4 aromatic rings. The highest BCUT2D eigenvalue weighted by molar-refractivity contribution is 5.79. The van der Waals surface area contributed by atoms with Gasteiger partial charge in [-0.2, -0.15) is 13.2 Å². The molecule has 3 aromatic carbocycles. The number of rotatable bonds is 11. The van der Waals surface area contributed by atoms with Crippen molar-refractivity contribution in [3.05, 3.63) is 99.9 Å². The summed E-state index contributed by atoms with van der Waals surface area (Å²) in [5.74, 6) is -0.666. The summed E-state index contributed by atoms with van der Waals surface area (Å²) in [5, 5.41) is 0.454. The highest BCUT2D eigenvalue weighted by Gasteiger charge is 2.34. The van der Waals surface area contributed by atoms with Crippen LogP contribution < -0.4 is 10.3 Å². The zero-order valence-corrected chi connectivity index (χ0v) is 24.4. The van der Waals surface area contributed by atoms with E-state index in [9.17, 15) is 27.2 Å². The highest BCUT2D eigenvalue weighted by atomic mass is 19.4. The number of carbonyl (C=O) groups is 1. The van der Waals surface area contributed by atoms with Crippen LogP contribution in [0.15, 0.2) is 71.5 Å². The number of hydrogen-bond acceptors (Lipinski definition) is 5. The van der Waals surface area contributed by atoms with Crippen molar-refractivity contribution in [2.45, 2.75) is 38.3 Å². The summed E-state index contributed by atoms with van der Waals surface area (Å²) in [6.45, 7) is 3.44. The van der Waals surface area contributed by atoms with Crippen molar-refractivity contribution < 1.29 is 27.1 Å². The van der Waals surface area contributed by atoms with Gasteiger partial charge in [0.15, 0.2) is 0 Å². The van der Waals surface area contributed by atoms with Gasteiger partial charge in [0.1, 0.15) is 17.4 Å². The number of para-hydroxylation sites is 1. The molecule has 0 spiro atoms. The van der Waals surface area contributed by atoms with Gasteiger partial charge in [-0.05, 0) is 93.0 Å². The van der Waals surface area contributed by atoms with Crippen molar-refractivity contribution in [2.24, 2.45) is 0 Å². The molecular formula is C33H34F4N4O3. The van der Waals surface area contributed by atoms with Gasteiger partial charge < -0.3 is 14.5 Å². The fraction of sp³-hybridized carbons (Fsp3) is 0.364. The van der Waals surface area contributed by atoms with Crippen LogP contribution in [-0.4, -0.2) is 65.1 Å². The maximum Gasteiger partial charge on any atom is 0.419 e. The topological polar surface area (TPSA) is 67.7 Å². The third-order valence-corrected chi connectivity index (χ3v) is 7.93. The standard InChI is InChI=1S/C33H34F4N4O3/c1-44-25-12-10-24(11-13-25)41-30(38-29-8-3-2-7-26(29)32(41)43)15-20-40(19-6-18-39-16-4-5-17-39)31(42)22-23-9-14-27(28(34)21-23)33(35,36)37/h2-3,7-14,21H,4-6,15-20,22H2,1H3. The van der Waals surface area contributed by atoms with Crippen LogP contribution in [0.4, 0.5) is 17.6 Å². The fourth-order valence-electron chi connectivity index (χ4n) is 5.62. The molecule has 0 unspecified atom stereocenters. The van der Waals surface area contributed by atoms with E-state index in [1.54, 1.807) is 60.5 Å². The first-order valence-electron chi connectivity index (χ1n) is 14.6. The summed E-state index contributed by atoms with van der Waals surface area (Å²) in [6, 6.07) is 16.6. The monoisotopic (exact) mass is 610 g/mol. The number of fused-ring (bicyclic) bond motifs is 1. The normalized spacial score (nSPS) is 13.8. The van der Waals surface area contributed by atoms with E-state index in [-0.39, 0.29) is 36.4 Å². The summed E-state index contributed by atoms with van der Waals surface area (Å²) < 4.78 is 60.2. The zero-order chi connectivity index (χ0) is 31.3. The molecule has 2 heterocycles. The Balaban J connectivity index is 1.41. The Hall–Kier alpha value is -4.25. The first-order chi connectivity index (χ1) is 21.1. The Bertz CT molecular complexity index is 1660. The maximum absolute atomic E-state index is 14.3. The van der Waals surface area contributed by atoms with Gasteiger partial charge in [-0.25, -0.2) is 9.37 Å². The van der Waals surface area contributed by atoms with Crippen LogP contribution in [0.3, 0.4) is 0 Å². The van der Waals surface area contributed by atoms with E-state index in [2.05, 4.69) is 4.90 Å². The van der Waals surface area contributed by atoms with Crippen LogP contribution in [-0.2, 0) is 23.8 Å². The molecule has 11 heteroatoms. The van der Waals surface area contributed by atoms with Gasteiger partial charge in [-0.15, -0.1) is 0 Å². The second-order valence-electron chi connectivity index (χ2n) is 10.9. The highest BCUT2D eigenvalue weighted by Crippen LogP contribution is 2.31. The second kappa shape index (κ2) is 13.6. The van der Waals surface area contributed by atoms with E-state index in [0.29, 0.717) is 47.2 Å². The number of aromatic nitrogens is 2. The van der Waals surface area contributed by atoms with E-state index in [0.717, 1.165) is 44.6 Å². The Morgan fingerprint density at radius 2 is 1.73 bits per heavy atom. The minimum Gasteiger partial charge on any atom is -0.497 e. The van der Waals surface area contributed by atoms with Crippen molar-refractivity contribution >= 4 is 16.8 Å². The minimum absolute atomic E-state index is 0.156. The molecule has 1 amide bonds. The molecule has 1 aliphatic heterocycles. The van der Waals surface area contributed by atoms with E-state index in [1.165, 1.54) is 4.57 Å². The van der Waals surface area contributed by atoms with Crippen molar-refractivity contribution in [3.63, 3.8) is 0 Å². The van der Waals surface area contributed by atoms with Crippen LogP contribution in [0, 0.1) is 5.82 Å². The van der Waals surface area contributed by atoms with Gasteiger partial charge in [0.05, 0.1) is 35.7 Å². The van der Waals surface area contributed by atoms with Gasteiger partial charge in [0, 0.05) is 19.5 Å². The predicted octanol–water partition coefficient (Wildman–Crippen LogP) is 5.65. The molecule has 0 atom stereocenters. The molecule has 5 rings (SSSR count). The van der Waals surface area contributed by atoms with Gasteiger partial charge in [0.2, 0.25) is 5.91 Å². The number of benzene rings is 3. The lowest BCUT2D eigenvalue weighted by atomic mass is 10.1. The SMILES string of the molecule is COc1ccc(-n2c(CCN(CCCN3CCCC3)C(=O)Cc3ccc(C(F)(F)F)c(F)c3)nc3ccccc3c2=O)cc1. The molecule has 0 radical (unpaired) electrons. The van der Waals surface area contributed by atoms with E-state index < -0.39 is 17.6 Å². The molecule has 1 fully saturated rings. The molecular weight excluding hydrogens is 576 g/mol. The van der Waals surface area contributed by atoms with E-state index in [4.69, 9.17) is 9.72 Å². The van der Waals surface area contributed by atoms with Crippen molar-refractivity contribution in [1.29, 1.82) is 0 Å². The van der Waals surface area contributed by atoms with Gasteiger partial charge in [-0.3, -0.25) is 14.2 Å². The van der Waals surface area contributed by atoms with Crippen molar-refractivity contribution in [3.8, 4) is 11.4 Å². The van der Waals surface area contributed by atoms with Gasteiger partial charge in [0.25, 0.3) is 5.56 Å². The van der Waals surface area contributed by atoms with E-state index in [1.807, 2.05) is 0 Å². The lowest BCUT2D eigenvalue weighted by Gasteiger charge is -2.25. The Kier molecular flexibility index (Phi) is 9.63. The quantitative estimate of drug-likeness (QED) is 0.205. The molecule has 232 valence electrons. The average molecular weight is 611 g/mol. The molecule has 0 bridgehead atoms. The van der Waals surface area contributed by atoms with E-state index >= 15 is 0 Å². The van der Waals surface area contributed by atoms with Crippen LogP contribution in [0.1, 0.15) is 36.2 Å². The fourth-order valence-corrected chi connectivity index (χ4v) is 5.62. The number of hydrogen-bond donors (Lipinski definition) is 0. The molecule has 1 saturated heterocycles. The number of amides is 1. The summed E-state index contributed by atoms with van der Waals surface area (Å²) in [7, 11) is 1.55. The third kappa shape index (κ3) is 7.27. The smallest absolute Gasteiger partial charge is 0.419 e. The third-order valence-electron chi connectivity index (χ3n) is 7.93. The zero-order valence-electron chi connectivity index (χ0n) is 24.4. The van der Waals surface area contributed by atoms with Crippen molar-refractivity contribution in [2.75, 3.05) is 39.8 Å². The largest absolute Gasteiger partial charge is 0.497 e. The van der Waals surface area contributed by atoms with Gasteiger partial charge in [-0.1, -0.05) is 18.2 Å². The average Bonchev–Trinajstić information content (AvgIpc) is 3.52. The lowest BCUT2D eigenvalue weighted by Crippen LogP contribution is -2.37. The molecule has 7 nitrogen and oxygen atoms in total. The Morgan fingerprint density at radius 1 is 1.00 bits per heavy atom. The number of nitrogens with zero attached hydrogens (tertiary/aromatic N) is 4. The van der Waals surface area contributed by atoms with Crippen LogP contribution >= 0.6 is 0 Å². The summed E-state index contributed by atoms with van der Waals surface area (Å²) in [5.41, 5.74) is -0.331. The van der Waals surface area contributed by atoms with Crippen LogP contribution in [0.25, 0.3) is 16.6 Å². The first kappa shape index (κ1) is 31.2. The summed E-state index contributed by atoms with van der Waals surface area (Å²) >= 11 is 0. The lowest BCUT2D eigenvalue weighted by molar-refractivity contribution is -0.140. The molecule has 1 aliphatic rings. The molecule has 0 N–H and O–H groups in total. The van der Waals surface area contributed by atoms with Gasteiger partial charge >= 0.3 is 6.18 Å². The van der Waals surface area contributed by atoms with Crippen molar-refractivity contribution in [1.82, 2.24) is 19.4 Å². The maximum atomic E-state index is 14.3. The second-order valence-corrected chi connectivity index (χ2v) is 10.9. The predicted molar refractivity (Wildman–Crippen MR) is 160 cm³/mol. The summed E-state index contributed by atoms with van der Waals surface area (Å²) in [4.78, 5) is 35.9. The van der Waals surface area contributed by atoms with Crippen LogP contribution in [0.5, 0.6) is 5.75 Å². The Labute approximate surface area is 252 Å². The first-order valence-corrected chi connectivity index (χ1v) is 14.6.